The van der Waals surface area contributed by atoms with Crippen molar-refractivity contribution in [1.29, 1.82) is 0 Å². The fraction of sp³-hybridized carbons (Fsp3) is 1.00. The summed E-state index contributed by atoms with van der Waals surface area (Å²) in [6, 6.07) is 0. The Morgan fingerprint density at radius 3 is 1.60 bits per heavy atom. The molecule has 2 unspecified atom stereocenters. The summed E-state index contributed by atoms with van der Waals surface area (Å²) < 4.78 is 0. The molecule has 0 spiro atoms. The maximum Gasteiger partial charge on any atom is 0.105 e. The van der Waals surface area contributed by atoms with E-state index in [4.69, 9.17) is 0 Å². The summed E-state index contributed by atoms with van der Waals surface area (Å²) in [6.45, 7) is 7.43. The Morgan fingerprint density at radius 2 is 1.15 bits per heavy atom. The van der Waals surface area contributed by atoms with E-state index in [1.54, 1.807) is 0 Å². The van der Waals surface area contributed by atoms with E-state index < -0.39 is 0 Å². The van der Waals surface area contributed by atoms with Gasteiger partial charge in [0.15, 0.2) is 0 Å². The minimum absolute atomic E-state index is 0.605. The van der Waals surface area contributed by atoms with Gasteiger partial charge in [-0.1, -0.05) is 97.2 Å². The van der Waals surface area contributed by atoms with Crippen LogP contribution in [0.3, 0.4) is 0 Å². The van der Waals surface area contributed by atoms with Crippen molar-refractivity contribution in [2.45, 2.75) is 110 Å². The van der Waals surface area contributed by atoms with Gasteiger partial charge in [0.1, 0.15) is 7.85 Å². The van der Waals surface area contributed by atoms with E-state index in [-0.39, 0.29) is 0 Å². The molecule has 1 aliphatic rings. The largest absolute Gasteiger partial charge is 0.105 e. The van der Waals surface area contributed by atoms with Crippen LogP contribution in [0.1, 0.15) is 104 Å². The van der Waals surface area contributed by atoms with E-state index in [9.17, 15) is 0 Å². The number of hydrogen-bond donors (Lipinski definition) is 0. The summed E-state index contributed by atoms with van der Waals surface area (Å²) in [6.07, 6.45) is 19.1. The van der Waals surface area contributed by atoms with Crippen LogP contribution < -0.4 is 0 Å². The van der Waals surface area contributed by atoms with Crippen LogP contribution >= 0.6 is 0 Å². The molecule has 1 heteroatoms. The Hall–Kier alpha value is 0.0649. The van der Waals surface area contributed by atoms with Crippen molar-refractivity contribution in [2.75, 3.05) is 0 Å². The molecule has 0 aromatic carbocycles. The van der Waals surface area contributed by atoms with Crippen LogP contribution in [-0.4, -0.2) is 7.85 Å². The lowest BCUT2D eigenvalue weighted by Crippen LogP contribution is -2.23. The van der Waals surface area contributed by atoms with Crippen LogP contribution in [0, 0.1) is 11.3 Å². The van der Waals surface area contributed by atoms with Gasteiger partial charge in [-0.25, -0.2) is 0 Å². The van der Waals surface area contributed by atoms with Gasteiger partial charge >= 0.3 is 0 Å². The van der Waals surface area contributed by atoms with Crippen molar-refractivity contribution in [3.8, 4) is 0 Å². The summed E-state index contributed by atoms with van der Waals surface area (Å²) >= 11 is 0. The van der Waals surface area contributed by atoms with Crippen molar-refractivity contribution in [3.05, 3.63) is 0 Å². The number of hydrogen-bond acceptors (Lipinski definition) is 0. The molecule has 0 bridgehead atoms. The van der Waals surface area contributed by atoms with Gasteiger partial charge in [-0.15, -0.1) is 0 Å². The monoisotopic (exact) mass is 278 g/mol. The first kappa shape index (κ1) is 18.1. The standard InChI is InChI=1S/C19H39B/c1-17(2)19(3)15-11-7-4-5-9-13-18(20)14-10-6-8-12-16-19/h17-18H,4-16,20H2,1-3H3. The second-order valence-electron chi connectivity index (χ2n) is 8.17. The predicted octanol–water partition coefficient (Wildman–Crippen LogP) is 6.16. The van der Waals surface area contributed by atoms with Gasteiger partial charge < -0.3 is 0 Å². The molecule has 1 saturated carbocycles. The molecule has 2 atom stereocenters. The molecule has 0 aromatic rings. The topological polar surface area (TPSA) is 0 Å². The van der Waals surface area contributed by atoms with Crippen molar-refractivity contribution in [3.63, 3.8) is 0 Å². The van der Waals surface area contributed by atoms with Crippen LogP contribution in [-0.2, 0) is 0 Å². The average Bonchev–Trinajstić information content (AvgIpc) is 2.41. The molecule has 0 aromatic heterocycles. The van der Waals surface area contributed by atoms with Crippen LogP contribution in [0.15, 0.2) is 0 Å². The molecule has 118 valence electrons. The lowest BCUT2D eigenvalue weighted by Gasteiger charge is -2.34. The Morgan fingerprint density at radius 1 is 0.750 bits per heavy atom. The minimum Gasteiger partial charge on any atom is -0.0697 e. The molecular weight excluding hydrogens is 239 g/mol. The van der Waals surface area contributed by atoms with Crippen molar-refractivity contribution < 1.29 is 0 Å². The molecule has 20 heavy (non-hydrogen) atoms. The maximum absolute atomic E-state index is 2.55. The maximum atomic E-state index is 2.55. The molecular formula is C19H39B. The molecule has 0 aliphatic heterocycles. The SMILES string of the molecule is BC1CCCCCCCC(C)(C(C)C)CCCCCC1. The third-order valence-corrected chi connectivity index (χ3v) is 6.03. The third kappa shape index (κ3) is 7.18. The fourth-order valence-corrected chi connectivity index (χ4v) is 3.77. The van der Waals surface area contributed by atoms with Crippen LogP contribution in [0.2, 0.25) is 5.82 Å². The fourth-order valence-electron chi connectivity index (χ4n) is 3.77. The van der Waals surface area contributed by atoms with Crippen molar-refractivity contribution in [1.82, 2.24) is 0 Å². The molecule has 0 saturated heterocycles. The van der Waals surface area contributed by atoms with Crippen molar-refractivity contribution >= 4 is 7.85 Å². The van der Waals surface area contributed by atoms with Gasteiger partial charge in [-0.05, 0) is 24.2 Å². The average molecular weight is 278 g/mol. The molecule has 0 amide bonds. The van der Waals surface area contributed by atoms with E-state index in [2.05, 4.69) is 28.6 Å². The highest BCUT2D eigenvalue weighted by molar-refractivity contribution is 6.11. The van der Waals surface area contributed by atoms with Gasteiger partial charge in [0.25, 0.3) is 0 Å². The normalized spacial score (nSPS) is 32.5. The smallest absolute Gasteiger partial charge is 0.0697 e. The quantitative estimate of drug-likeness (QED) is 0.504. The lowest BCUT2D eigenvalue weighted by atomic mass is 9.71. The highest BCUT2D eigenvalue weighted by Crippen LogP contribution is 2.38. The van der Waals surface area contributed by atoms with E-state index in [1.807, 2.05) is 0 Å². The third-order valence-electron chi connectivity index (χ3n) is 6.03. The predicted molar refractivity (Wildman–Crippen MR) is 95.3 cm³/mol. The summed E-state index contributed by atoms with van der Waals surface area (Å²) in [4.78, 5) is 0. The molecule has 1 fully saturated rings. The van der Waals surface area contributed by atoms with Gasteiger partial charge in [-0.3, -0.25) is 0 Å². The molecule has 1 rings (SSSR count). The Bertz CT molecular complexity index is 236. The molecule has 1 aliphatic carbocycles. The van der Waals surface area contributed by atoms with Crippen LogP contribution in [0.4, 0.5) is 0 Å². The molecule has 0 radical (unpaired) electrons. The summed E-state index contributed by atoms with van der Waals surface area (Å²) in [5.74, 6) is 1.82. The van der Waals surface area contributed by atoms with Gasteiger partial charge in [-0.2, -0.15) is 0 Å². The Kier molecular flexibility index (Phi) is 8.97. The van der Waals surface area contributed by atoms with Crippen molar-refractivity contribution in [2.24, 2.45) is 11.3 Å². The second kappa shape index (κ2) is 9.90. The van der Waals surface area contributed by atoms with Gasteiger partial charge in [0.2, 0.25) is 0 Å². The molecule has 0 heterocycles. The first-order valence-electron chi connectivity index (χ1n) is 9.54. The minimum atomic E-state index is 0.605. The second-order valence-corrected chi connectivity index (χ2v) is 8.17. The zero-order valence-electron chi connectivity index (χ0n) is 14.8. The van der Waals surface area contributed by atoms with E-state index >= 15 is 0 Å². The molecule has 0 nitrogen and oxygen atoms in total. The van der Waals surface area contributed by atoms with Crippen LogP contribution in [0.5, 0.6) is 0 Å². The number of rotatable bonds is 1. The Balaban J connectivity index is 2.42. The van der Waals surface area contributed by atoms with E-state index in [1.165, 1.54) is 83.5 Å². The lowest BCUT2D eigenvalue weighted by molar-refractivity contribution is 0.168. The van der Waals surface area contributed by atoms with E-state index in [0.717, 1.165) is 11.7 Å². The summed E-state index contributed by atoms with van der Waals surface area (Å²) in [5.41, 5.74) is 0.605. The zero-order chi connectivity index (χ0) is 14.8. The Labute approximate surface area is 129 Å². The van der Waals surface area contributed by atoms with Crippen LogP contribution in [0.25, 0.3) is 0 Å². The summed E-state index contributed by atoms with van der Waals surface area (Å²) in [7, 11) is 2.47. The van der Waals surface area contributed by atoms with Gasteiger partial charge in [0.05, 0.1) is 0 Å². The zero-order valence-corrected chi connectivity index (χ0v) is 14.8. The van der Waals surface area contributed by atoms with Gasteiger partial charge in [0, 0.05) is 0 Å². The summed E-state index contributed by atoms with van der Waals surface area (Å²) in [5, 5.41) is 0. The highest BCUT2D eigenvalue weighted by Gasteiger charge is 2.26. The first-order chi connectivity index (χ1) is 9.54. The molecule has 0 N–H and O–H groups in total. The first-order valence-corrected chi connectivity index (χ1v) is 9.54. The highest BCUT2D eigenvalue weighted by atomic mass is 14.3. The van der Waals surface area contributed by atoms with E-state index in [0.29, 0.717) is 5.41 Å².